The van der Waals surface area contributed by atoms with E-state index in [0.717, 1.165) is 36.9 Å². The number of aryl methyl sites for hydroxylation is 2. The molecular weight excluding hydrogens is 308 g/mol. The van der Waals surface area contributed by atoms with Crippen LogP contribution >= 0.6 is 0 Å². The van der Waals surface area contributed by atoms with Gasteiger partial charge in [0.15, 0.2) is 17.3 Å². The van der Waals surface area contributed by atoms with Crippen molar-refractivity contribution in [2.45, 2.75) is 6.92 Å². The number of nitrogens with zero attached hydrogens (tertiary/aromatic N) is 7. The van der Waals surface area contributed by atoms with Crippen molar-refractivity contribution in [3.63, 3.8) is 0 Å². The van der Waals surface area contributed by atoms with Gasteiger partial charge in [-0.1, -0.05) is 0 Å². The monoisotopic (exact) mass is 326 g/mol. The third-order valence-corrected chi connectivity index (χ3v) is 4.26. The van der Waals surface area contributed by atoms with E-state index in [1.54, 1.807) is 24.0 Å². The third-order valence-electron chi connectivity index (χ3n) is 4.26. The van der Waals surface area contributed by atoms with Crippen molar-refractivity contribution in [2.75, 3.05) is 29.9 Å². The second kappa shape index (κ2) is 5.59. The highest BCUT2D eigenvalue weighted by Gasteiger charge is 2.28. The predicted octanol–water partition coefficient (Wildman–Crippen LogP) is 0.0747. The minimum atomic E-state index is -0.108. The molecule has 3 aromatic heterocycles. The Morgan fingerprint density at radius 2 is 2.12 bits per heavy atom. The van der Waals surface area contributed by atoms with Crippen LogP contribution in [0.5, 0.6) is 0 Å². The number of hydrogen-bond acceptors (Lipinski definition) is 7. The van der Waals surface area contributed by atoms with Crippen molar-refractivity contribution in [3.05, 3.63) is 40.7 Å². The molecule has 124 valence electrons. The molecule has 4 heterocycles. The topological polar surface area (TPSA) is 93.2 Å². The molecule has 9 heteroatoms. The van der Waals surface area contributed by atoms with Crippen LogP contribution in [-0.4, -0.2) is 49.0 Å². The standard InChI is InChI=1S/C15H18N8O/c1-10-18-19-12-3-4-13(20-23(10)12)22-8-11(9-22)7-17-14-15(24)21(2)6-5-16-14/h3-6,11H,7-9H2,1-2H3,(H,16,17). The first-order valence-electron chi connectivity index (χ1n) is 7.81. The van der Waals surface area contributed by atoms with Gasteiger partial charge in [-0.3, -0.25) is 4.79 Å². The van der Waals surface area contributed by atoms with Gasteiger partial charge in [-0.05, 0) is 19.1 Å². The fraction of sp³-hybridized carbons (Fsp3) is 0.400. The smallest absolute Gasteiger partial charge is 0.293 e. The van der Waals surface area contributed by atoms with Crippen LogP contribution in [0.25, 0.3) is 5.65 Å². The van der Waals surface area contributed by atoms with E-state index in [1.165, 1.54) is 4.57 Å². The van der Waals surface area contributed by atoms with Crippen LogP contribution in [0.15, 0.2) is 29.3 Å². The Hall–Kier alpha value is -2.97. The summed E-state index contributed by atoms with van der Waals surface area (Å²) in [6.07, 6.45) is 3.27. The summed E-state index contributed by atoms with van der Waals surface area (Å²) in [5.74, 6) is 2.54. The van der Waals surface area contributed by atoms with Gasteiger partial charge in [-0.25, -0.2) is 4.98 Å². The molecule has 0 aliphatic carbocycles. The summed E-state index contributed by atoms with van der Waals surface area (Å²) in [7, 11) is 1.72. The van der Waals surface area contributed by atoms with E-state index in [4.69, 9.17) is 0 Å². The van der Waals surface area contributed by atoms with E-state index in [2.05, 4.69) is 30.5 Å². The van der Waals surface area contributed by atoms with E-state index in [9.17, 15) is 4.79 Å². The molecule has 9 nitrogen and oxygen atoms in total. The quantitative estimate of drug-likeness (QED) is 0.725. The van der Waals surface area contributed by atoms with Gasteiger partial charge < -0.3 is 14.8 Å². The number of hydrogen-bond donors (Lipinski definition) is 1. The van der Waals surface area contributed by atoms with Crippen molar-refractivity contribution in [1.82, 2.24) is 29.4 Å². The maximum absolute atomic E-state index is 11.9. The zero-order valence-electron chi connectivity index (χ0n) is 13.5. The second-order valence-corrected chi connectivity index (χ2v) is 6.05. The summed E-state index contributed by atoms with van der Waals surface area (Å²) in [5, 5.41) is 15.8. The lowest BCUT2D eigenvalue weighted by molar-refractivity contribution is 0.424. The fourth-order valence-corrected chi connectivity index (χ4v) is 2.80. The average Bonchev–Trinajstić information content (AvgIpc) is 2.91. The first-order valence-corrected chi connectivity index (χ1v) is 7.81. The minimum absolute atomic E-state index is 0.108. The van der Waals surface area contributed by atoms with Gasteiger partial charge in [0.2, 0.25) is 0 Å². The molecular formula is C15H18N8O. The second-order valence-electron chi connectivity index (χ2n) is 6.05. The van der Waals surface area contributed by atoms with Crippen molar-refractivity contribution >= 4 is 17.3 Å². The number of rotatable bonds is 4. The lowest BCUT2D eigenvalue weighted by Crippen LogP contribution is -2.50. The molecule has 0 saturated carbocycles. The molecule has 0 aromatic carbocycles. The maximum atomic E-state index is 11.9. The van der Waals surface area contributed by atoms with Crippen molar-refractivity contribution in [1.29, 1.82) is 0 Å². The zero-order valence-corrected chi connectivity index (χ0v) is 13.5. The Balaban J connectivity index is 1.38. The normalized spacial score (nSPS) is 14.8. The average molecular weight is 326 g/mol. The Morgan fingerprint density at radius 3 is 2.96 bits per heavy atom. The Bertz CT molecular complexity index is 940. The van der Waals surface area contributed by atoms with Crippen LogP contribution in [0.4, 0.5) is 11.6 Å². The molecule has 0 spiro atoms. The molecule has 0 amide bonds. The summed E-state index contributed by atoms with van der Waals surface area (Å²) in [6, 6.07) is 3.88. The van der Waals surface area contributed by atoms with Crippen LogP contribution < -0.4 is 15.8 Å². The summed E-state index contributed by atoms with van der Waals surface area (Å²) >= 11 is 0. The third kappa shape index (κ3) is 2.47. The molecule has 3 aromatic rings. The van der Waals surface area contributed by atoms with Crippen molar-refractivity contribution < 1.29 is 0 Å². The molecule has 1 aliphatic heterocycles. The molecule has 1 aliphatic rings. The van der Waals surface area contributed by atoms with Crippen LogP contribution in [0.2, 0.25) is 0 Å². The van der Waals surface area contributed by atoms with Gasteiger partial charge >= 0.3 is 0 Å². The summed E-state index contributed by atoms with van der Waals surface area (Å²) in [4.78, 5) is 18.2. The molecule has 0 bridgehead atoms. The van der Waals surface area contributed by atoms with Gasteiger partial charge in [-0.2, -0.15) is 4.52 Å². The Kier molecular flexibility index (Phi) is 3.40. The van der Waals surface area contributed by atoms with Gasteiger partial charge in [-0.15, -0.1) is 15.3 Å². The first-order chi connectivity index (χ1) is 11.6. The maximum Gasteiger partial charge on any atom is 0.293 e. The predicted molar refractivity (Wildman–Crippen MR) is 89.2 cm³/mol. The van der Waals surface area contributed by atoms with Gasteiger partial charge in [0.25, 0.3) is 5.56 Å². The molecule has 0 unspecified atom stereocenters. The molecule has 24 heavy (non-hydrogen) atoms. The number of aromatic nitrogens is 6. The highest BCUT2D eigenvalue weighted by Crippen LogP contribution is 2.22. The molecule has 0 atom stereocenters. The van der Waals surface area contributed by atoms with Crippen molar-refractivity contribution in [2.24, 2.45) is 13.0 Å². The summed E-state index contributed by atoms with van der Waals surface area (Å²) in [5.41, 5.74) is 0.643. The Labute approximate surface area is 138 Å². The van der Waals surface area contributed by atoms with Crippen molar-refractivity contribution in [3.8, 4) is 0 Å². The molecule has 4 rings (SSSR count). The van der Waals surface area contributed by atoms with E-state index in [-0.39, 0.29) is 5.56 Å². The SMILES string of the molecule is Cc1nnc2ccc(N3CC(CNc4nccn(C)c4=O)C3)nn12. The minimum Gasteiger partial charge on any atom is -0.365 e. The van der Waals surface area contributed by atoms with Gasteiger partial charge in [0.1, 0.15) is 5.82 Å². The van der Waals surface area contributed by atoms with E-state index in [1.807, 2.05) is 19.1 Å². The number of anilines is 2. The highest BCUT2D eigenvalue weighted by atomic mass is 16.1. The zero-order chi connectivity index (χ0) is 16.7. The summed E-state index contributed by atoms with van der Waals surface area (Å²) < 4.78 is 3.27. The summed E-state index contributed by atoms with van der Waals surface area (Å²) in [6.45, 7) is 4.38. The molecule has 1 N–H and O–H groups in total. The van der Waals surface area contributed by atoms with E-state index in [0.29, 0.717) is 11.7 Å². The number of nitrogens with one attached hydrogen (secondary N) is 1. The lowest BCUT2D eigenvalue weighted by atomic mass is 10.0. The number of fused-ring (bicyclic) bond motifs is 1. The van der Waals surface area contributed by atoms with Gasteiger partial charge in [0, 0.05) is 45.0 Å². The fourth-order valence-electron chi connectivity index (χ4n) is 2.80. The molecule has 1 fully saturated rings. The van der Waals surface area contributed by atoms with Gasteiger partial charge in [0.05, 0.1) is 0 Å². The van der Waals surface area contributed by atoms with Crippen LogP contribution in [0, 0.1) is 12.8 Å². The van der Waals surface area contributed by atoms with E-state index >= 15 is 0 Å². The molecule has 0 radical (unpaired) electrons. The van der Waals surface area contributed by atoms with Crippen LogP contribution in [0.3, 0.4) is 0 Å². The Morgan fingerprint density at radius 1 is 1.29 bits per heavy atom. The largest absolute Gasteiger partial charge is 0.365 e. The van der Waals surface area contributed by atoms with Crippen LogP contribution in [0.1, 0.15) is 5.82 Å². The molecule has 1 saturated heterocycles. The first kappa shape index (κ1) is 14.6. The van der Waals surface area contributed by atoms with Crippen LogP contribution in [-0.2, 0) is 7.05 Å². The van der Waals surface area contributed by atoms with E-state index < -0.39 is 0 Å². The lowest BCUT2D eigenvalue weighted by Gasteiger charge is -2.40. The highest BCUT2D eigenvalue weighted by molar-refractivity contribution is 5.47.